The van der Waals surface area contributed by atoms with Gasteiger partial charge in [0.25, 0.3) is 0 Å². The monoisotopic (exact) mass is 363 g/mol. The van der Waals surface area contributed by atoms with Gasteiger partial charge in [-0.15, -0.1) is 0 Å². The summed E-state index contributed by atoms with van der Waals surface area (Å²) in [6.07, 6.45) is 8.68. The molecule has 1 atom stereocenters. The number of rotatable bonds is 6. The Morgan fingerprint density at radius 3 is 2.44 bits per heavy atom. The van der Waals surface area contributed by atoms with Gasteiger partial charge in [0.2, 0.25) is 5.91 Å². The summed E-state index contributed by atoms with van der Waals surface area (Å²) in [5.41, 5.74) is 7.42. The Labute approximate surface area is 161 Å². The van der Waals surface area contributed by atoms with Crippen LogP contribution >= 0.6 is 0 Å². The number of aryl methyl sites for hydroxylation is 2. The van der Waals surface area contributed by atoms with Gasteiger partial charge in [0.1, 0.15) is 0 Å². The van der Waals surface area contributed by atoms with Crippen LogP contribution in [0.25, 0.3) is 0 Å². The van der Waals surface area contributed by atoms with Gasteiger partial charge in [0.05, 0.1) is 12.2 Å². The van der Waals surface area contributed by atoms with E-state index in [1.165, 1.54) is 40.9 Å². The smallest absolute Gasteiger partial charge is 0.238 e. The fourth-order valence-electron chi connectivity index (χ4n) is 4.39. The van der Waals surface area contributed by atoms with Crippen molar-refractivity contribution in [2.75, 3.05) is 11.9 Å². The molecule has 0 spiro atoms. The molecule has 4 heteroatoms. The number of aromatic nitrogens is 1. The molecule has 2 aliphatic carbocycles. The Morgan fingerprint density at radius 2 is 1.67 bits per heavy atom. The van der Waals surface area contributed by atoms with Gasteiger partial charge in [-0.2, -0.15) is 0 Å². The van der Waals surface area contributed by atoms with Crippen molar-refractivity contribution in [2.24, 2.45) is 0 Å². The molecule has 27 heavy (non-hydrogen) atoms. The minimum Gasteiger partial charge on any atom is -0.324 e. The van der Waals surface area contributed by atoms with E-state index >= 15 is 0 Å². The van der Waals surface area contributed by atoms with Crippen LogP contribution in [0.4, 0.5) is 5.69 Å². The standard InChI is InChI=1S/C23H29N3O/c1-16(14-17-8-3-2-4-9-17)24-15-22(27)26-23-18-10-5-6-12-20(18)25-21-13-7-11-19(21)23/h2-4,8-9,16,24H,5-7,10-15H2,1H3,(H,25,26,27)/t16-/m0/s1. The Morgan fingerprint density at radius 1 is 1.00 bits per heavy atom. The second-order valence-corrected chi connectivity index (χ2v) is 7.92. The van der Waals surface area contributed by atoms with Gasteiger partial charge in [-0.3, -0.25) is 9.78 Å². The lowest BCUT2D eigenvalue weighted by molar-refractivity contribution is -0.115. The highest BCUT2D eigenvalue weighted by molar-refractivity contribution is 5.94. The molecule has 4 nitrogen and oxygen atoms in total. The number of hydrogen-bond acceptors (Lipinski definition) is 3. The van der Waals surface area contributed by atoms with Gasteiger partial charge in [-0.05, 0) is 75.0 Å². The summed E-state index contributed by atoms with van der Waals surface area (Å²) >= 11 is 0. The second-order valence-electron chi connectivity index (χ2n) is 7.92. The SMILES string of the molecule is C[C@@H](Cc1ccccc1)NCC(=O)Nc1c2c(nc3c1CCC3)CCCC2. The van der Waals surface area contributed by atoms with Crippen LogP contribution < -0.4 is 10.6 Å². The first kappa shape index (κ1) is 18.2. The number of nitrogens with one attached hydrogen (secondary N) is 2. The molecule has 0 fully saturated rings. The molecule has 0 bridgehead atoms. The zero-order valence-electron chi connectivity index (χ0n) is 16.2. The summed E-state index contributed by atoms with van der Waals surface area (Å²) in [5, 5.41) is 6.62. The highest BCUT2D eigenvalue weighted by atomic mass is 16.1. The van der Waals surface area contributed by atoms with Crippen molar-refractivity contribution in [3.05, 3.63) is 58.4 Å². The van der Waals surface area contributed by atoms with Gasteiger partial charge in [0.15, 0.2) is 0 Å². The van der Waals surface area contributed by atoms with Crippen molar-refractivity contribution in [3.8, 4) is 0 Å². The van der Waals surface area contributed by atoms with E-state index in [0.717, 1.165) is 44.2 Å². The Hall–Kier alpha value is -2.20. The Kier molecular flexibility index (Phi) is 5.53. The van der Waals surface area contributed by atoms with Crippen LogP contribution in [0.3, 0.4) is 0 Å². The molecule has 0 saturated carbocycles. The zero-order valence-corrected chi connectivity index (χ0v) is 16.2. The number of carbonyl (C=O) groups is 1. The summed E-state index contributed by atoms with van der Waals surface area (Å²) in [7, 11) is 0. The second kappa shape index (κ2) is 8.22. The molecule has 0 radical (unpaired) electrons. The third-order valence-electron chi connectivity index (χ3n) is 5.76. The van der Waals surface area contributed by atoms with Crippen LogP contribution in [0.5, 0.6) is 0 Å². The largest absolute Gasteiger partial charge is 0.324 e. The lowest BCUT2D eigenvalue weighted by Gasteiger charge is -2.22. The third kappa shape index (κ3) is 4.22. The van der Waals surface area contributed by atoms with E-state index < -0.39 is 0 Å². The van der Waals surface area contributed by atoms with Crippen molar-refractivity contribution in [1.82, 2.24) is 10.3 Å². The Bertz CT molecular complexity index is 816. The molecule has 1 aromatic carbocycles. The zero-order chi connectivity index (χ0) is 18.6. The summed E-state index contributed by atoms with van der Waals surface area (Å²) in [6, 6.07) is 10.7. The van der Waals surface area contributed by atoms with E-state index in [4.69, 9.17) is 4.98 Å². The number of carbonyl (C=O) groups excluding carboxylic acids is 1. The lowest BCUT2D eigenvalue weighted by Crippen LogP contribution is -2.36. The number of fused-ring (bicyclic) bond motifs is 2. The number of hydrogen-bond donors (Lipinski definition) is 2. The molecule has 142 valence electrons. The predicted molar refractivity (Wildman–Crippen MR) is 109 cm³/mol. The molecule has 4 rings (SSSR count). The van der Waals surface area contributed by atoms with Gasteiger partial charge in [0, 0.05) is 17.4 Å². The van der Waals surface area contributed by atoms with Crippen LogP contribution in [-0.4, -0.2) is 23.5 Å². The summed E-state index contributed by atoms with van der Waals surface area (Å²) in [5.74, 6) is 0.0583. The molecule has 2 aromatic rings. The summed E-state index contributed by atoms with van der Waals surface area (Å²) in [4.78, 5) is 17.6. The molecular formula is C23H29N3O. The lowest BCUT2D eigenvalue weighted by atomic mass is 9.92. The van der Waals surface area contributed by atoms with E-state index in [1.54, 1.807) is 0 Å². The molecule has 1 heterocycles. The van der Waals surface area contributed by atoms with Gasteiger partial charge in [-0.1, -0.05) is 30.3 Å². The highest BCUT2D eigenvalue weighted by Crippen LogP contribution is 2.35. The topological polar surface area (TPSA) is 54.0 Å². The quantitative estimate of drug-likeness (QED) is 0.824. The van der Waals surface area contributed by atoms with Crippen molar-refractivity contribution in [3.63, 3.8) is 0 Å². The summed E-state index contributed by atoms with van der Waals surface area (Å²) < 4.78 is 0. The first-order chi connectivity index (χ1) is 13.2. The third-order valence-corrected chi connectivity index (χ3v) is 5.76. The van der Waals surface area contributed by atoms with Crippen LogP contribution in [0, 0.1) is 0 Å². The van der Waals surface area contributed by atoms with Gasteiger partial charge in [-0.25, -0.2) is 0 Å². The average Bonchev–Trinajstić information content (AvgIpc) is 3.15. The number of amides is 1. The maximum absolute atomic E-state index is 12.7. The van der Waals surface area contributed by atoms with E-state index in [-0.39, 0.29) is 11.9 Å². The van der Waals surface area contributed by atoms with Gasteiger partial charge < -0.3 is 10.6 Å². The molecule has 1 aromatic heterocycles. The van der Waals surface area contributed by atoms with Crippen LogP contribution in [-0.2, 0) is 36.9 Å². The van der Waals surface area contributed by atoms with Crippen LogP contribution in [0.15, 0.2) is 30.3 Å². The minimum absolute atomic E-state index is 0.0583. The van der Waals surface area contributed by atoms with Crippen molar-refractivity contribution >= 4 is 11.6 Å². The van der Waals surface area contributed by atoms with Crippen LogP contribution in [0.2, 0.25) is 0 Å². The number of pyridine rings is 1. The van der Waals surface area contributed by atoms with Crippen LogP contribution in [0.1, 0.15) is 54.3 Å². The molecule has 0 aliphatic heterocycles. The van der Waals surface area contributed by atoms with Gasteiger partial charge >= 0.3 is 0 Å². The van der Waals surface area contributed by atoms with E-state index in [0.29, 0.717) is 6.54 Å². The first-order valence-corrected chi connectivity index (χ1v) is 10.3. The van der Waals surface area contributed by atoms with Crippen molar-refractivity contribution in [1.29, 1.82) is 0 Å². The average molecular weight is 364 g/mol. The van der Waals surface area contributed by atoms with E-state index in [9.17, 15) is 4.79 Å². The molecule has 1 amide bonds. The number of benzene rings is 1. The maximum atomic E-state index is 12.7. The fraction of sp³-hybridized carbons (Fsp3) is 0.478. The summed E-state index contributed by atoms with van der Waals surface area (Å²) in [6.45, 7) is 2.48. The molecule has 2 N–H and O–H groups in total. The molecule has 0 unspecified atom stereocenters. The molecule has 0 saturated heterocycles. The van der Waals surface area contributed by atoms with E-state index in [1.807, 2.05) is 6.07 Å². The minimum atomic E-state index is 0.0583. The first-order valence-electron chi connectivity index (χ1n) is 10.3. The highest BCUT2D eigenvalue weighted by Gasteiger charge is 2.25. The Balaban J connectivity index is 1.40. The number of nitrogens with zero attached hydrogens (tertiary/aromatic N) is 1. The maximum Gasteiger partial charge on any atom is 0.238 e. The van der Waals surface area contributed by atoms with Crippen molar-refractivity contribution < 1.29 is 4.79 Å². The predicted octanol–water partition coefficient (Wildman–Crippen LogP) is 3.61. The van der Waals surface area contributed by atoms with E-state index in [2.05, 4.69) is 41.8 Å². The number of anilines is 1. The molecule has 2 aliphatic rings. The molecular weight excluding hydrogens is 334 g/mol. The van der Waals surface area contributed by atoms with Crippen molar-refractivity contribution in [2.45, 2.75) is 64.3 Å². The fourth-order valence-corrected chi connectivity index (χ4v) is 4.39. The normalized spacial score (nSPS) is 16.5.